The van der Waals surface area contributed by atoms with E-state index in [0.717, 1.165) is 154 Å². The first-order valence-electron chi connectivity index (χ1n) is 29.2. The van der Waals surface area contributed by atoms with Crippen LogP contribution in [0.25, 0.3) is 0 Å². The molecule has 1 unspecified atom stereocenters. The van der Waals surface area contributed by atoms with E-state index in [4.69, 9.17) is 14.2 Å². The maximum atomic E-state index is 12.9. The third-order valence-corrected chi connectivity index (χ3v) is 11.9. The summed E-state index contributed by atoms with van der Waals surface area (Å²) in [6, 6.07) is 0. The SMILES string of the molecule is CC/C=C\C/C=C\C/C=C\C/C=C\C/C=C\CCCCCCCC(=O)OCC(COC(=O)CCCCCCC/C=C\CCCCCCC)OC(=O)CCCCC/C=C\C/C=C\C/C=C\C/C=C\C/C=C\CC. The minimum atomic E-state index is -0.813. The molecule has 0 rings (SSSR count). The molecule has 0 aliphatic heterocycles. The van der Waals surface area contributed by atoms with Gasteiger partial charge in [0.25, 0.3) is 0 Å². The van der Waals surface area contributed by atoms with Gasteiger partial charge in [0.1, 0.15) is 13.2 Å². The Morgan fingerprint density at radius 1 is 0.292 bits per heavy atom. The van der Waals surface area contributed by atoms with Gasteiger partial charge in [0.15, 0.2) is 6.10 Å². The molecule has 0 N–H and O–H groups in total. The van der Waals surface area contributed by atoms with Crippen molar-refractivity contribution in [3.8, 4) is 0 Å². The predicted octanol–water partition coefficient (Wildman–Crippen LogP) is 19.8. The van der Waals surface area contributed by atoms with Gasteiger partial charge in [-0.3, -0.25) is 14.4 Å². The molecule has 0 saturated carbocycles. The standard InChI is InChI=1S/C66H106O6/c1-4-7-10-13-16-19-22-25-28-30-32-33-35-36-38-41-44-47-50-53-56-59-65(68)71-62-63(61-70-64(67)58-55-52-49-46-43-40-27-24-21-18-15-12-9-6-3)72-66(69)60-57-54-51-48-45-42-39-37-34-31-29-26-23-20-17-14-11-8-5-2/h7-8,10-11,16-17,19-20,24-29,32-34,36-38,42,45,63H,4-6,9,12-15,18,21-23,30-31,35,39-41,43-44,46-62H2,1-3H3/b10-7-,11-8-,19-16-,20-17-,27-24-,28-25-,29-26-,33-32-,37-34-,38-36-,45-42-. The number of allylic oxidation sites excluding steroid dienone is 22. The first-order chi connectivity index (χ1) is 35.5. The smallest absolute Gasteiger partial charge is 0.306 e. The van der Waals surface area contributed by atoms with Crippen molar-refractivity contribution in [1.82, 2.24) is 0 Å². The molecular formula is C66H106O6. The summed E-state index contributed by atoms with van der Waals surface area (Å²) in [6.45, 7) is 6.35. The minimum absolute atomic E-state index is 0.106. The summed E-state index contributed by atoms with van der Waals surface area (Å²) in [4.78, 5) is 38.2. The lowest BCUT2D eigenvalue weighted by Crippen LogP contribution is -2.30. The fraction of sp³-hybridized carbons (Fsp3) is 0.621. The van der Waals surface area contributed by atoms with Gasteiger partial charge in [0, 0.05) is 19.3 Å². The summed E-state index contributed by atoms with van der Waals surface area (Å²) in [5.41, 5.74) is 0. The lowest BCUT2D eigenvalue weighted by Gasteiger charge is -2.18. The van der Waals surface area contributed by atoms with Crippen LogP contribution < -0.4 is 0 Å². The van der Waals surface area contributed by atoms with Gasteiger partial charge >= 0.3 is 17.9 Å². The molecule has 1 atom stereocenters. The molecule has 0 aliphatic rings. The Balaban J connectivity index is 4.51. The van der Waals surface area contributed by atoms with Gasteiger partial charge in [-0.1, -0.05) is 225 Å². The third kappa shape index (κ3) is 56.5. The van der Waals surface area contributed by atoms with Crippen molar-refractivity contribution in [3.63, 3.8) is 0 Å². The van der Waals surface area contributed by atoms with Crippen LogP contribution in [0.1, 0.15) is 245 Å². The summed E-state index contributed by atoms with van der Waals surface area (Å²) >= 11 is 0. The van der Waals surface area contributed by atoms with Gasteiger partial charge in [-0.05, 0) is 135 Å². The maximum absolute atomic E-state index is 12.9. The van der Waals surface area contributed by atoms with Crippen LogP contribution in [0.2, 0.25) is 0 Å². The highest BCUT2D eigenvalue weighted by molar-refractivity contribution is 5.71. The Labute approximate surface area is 443 Å². The van der Waals surface area contributed by atoms with E-state index in [2.05, 4.69) is 154 Å². The Kier molecular flexibility index (Phi) is 55.5. The monoisotopic (exact) mass is 995 g/mol. The second-order valence-corrected chi connectivity index (χ2v) is 18.8. The van der Waals surface area contributed by atoms with Crippen LogP contribution in [-0.2, 0) is 28.6 Å². The highest BCUT2D eigenvalue weighted by Gasteiger charge is 2.19. The molecule has 6 nitrogen and oxygen atoms in total. The Morgan fingerprint density at radius 2 is 0.542 bits per heavy atom. The summed E-state index contributed by atoms with van der Waals surface area (Å²) < 4.78 is 16.8. The highest BCUT2D eigenvalue weighted by atomic mass is 16.6. The number of hydrogen-bond donors (Lipinski definition) is 0. The van der Waals surface area contributed by atoms with Gasteiger partial charge < -0.3 is 14.2 Å². The van der Waals surface area contributed by atoms with Crippen molar-refractivity contribution in [2.24, 2.45) is 0 Å². The van der Waals surface area contributed by atoms with Crippen LogP contribution in [0.4, 0.5) is 0 Å². The molecule has 6 heteroatoms. The van der Waals surface area contributed by atoms with Gasteiger partial charge in [0.2, 0.25) is 0 Å². The Hall–Kier alpha value is -4.45. The van der Waals surface area contributed by atoms with Gasteiger partial charge in [0.05, 0.1) is 0 Å². The van der Waals surface area contributed by atoms with Crippen LogP contribution in [0.15, 0.2) is 134 Å². The van der Waals surface area contributed by atoms with Crippen molar-refractivity contribution in [1.29, 1.82) is 0 Å². The molecule has 0 aromatic rings. The Morgan fingerprint density at radius 3 is 0.875 bits per heavy atom. The van der Waals surface area contributed by atoms with Crippen LogP contribution in [-0.4, -0.2) is 37.2 Å². The van der Waals surface area contributed by atoms with E-state index in [1.807, 2.05) is 0 Å². The molecule has 0 saturated heterocycles. The van der Waals surface area contributed by atoms with E-state index in [1.165, 1.54) is 44.9 Å². The van der Waals surface area contributed by atoms with Crippen molar-refractivity contribution in [2.45, 2.75) is 252 Å². The van der Waals surface area contributed by atoms with Crippen molar-refractivity contribution < 1.29 is 28.6 Å². The molecule has 0 fully saturated rings. The molecule has 0 aromatic carbocycles. The number of carbonyl (C=O) groups is 3. The molecule has 0 radical (unpaired) electrons. The quantitative estimate of drug-likeness (QED) is 0.0261. The molecule has 0 bridgehead atoms. The fourth-order valence-corrected chi connectivity index (χ4v) is 7.55. The fourth-order valence-electron chi connectivity index (χ4n) is 7.55. The minimum Gasteiger partial charge on any atom is -0.462 e. The first-order valence-corrected chi connectivity index (χ1v) is 29.2. The molecule has 0 aromatic heterocycles. The van der Waals surface area contributed by atoms with Crippen LogP contribution in [0.5, 0.6) is 0 Å². The van der Waals surface area contributed by atoms with Crippen LogP contribution >= 0.6 is 0 Å². The molecule has 406 valence electrons. The van der Waals surface area contributed by atoms with E-state index in [-0.39, 0.29) is 37.5 Å². The lowest BCUT2D eigenvalue weighted by molar-refractivity contribution is -0.167. The average molecular weight is 996 g/mol. The zero-order valence-corrected chi connectivity index (χ0v) is 46.4. The summed E-state index contributed by atoms with van der Waals surface area (Å²) in [5, 5.41) is 0. The van der Waals surface area contributed by atoms with E-state index < -0.39 is 6.10 Å². The molecular weight excluding hydrogens is 889 g/mol. The highest BCUT2D eigenvalue weighted by Crippen LogP contribution is 2.13. The number of hydrogen-bond acceptors (Lipinski definition) is 6. The molecule has 0 heterocycles. The van der Waals surface area contributed by atoms with E-state index in [1.54, 1.807) is 0 Å². The van der Waals surface area contributed by atoms with Crippen molar-refractivity contribution >= 4 is 17.9 Å². The van der Waals surface area contributed by atoms with Crippen molar-refractivity contribution in [3.05, 3.63) is 134 Å². The van der Waals surface area contributed by atoms with E-state index in [0.29, 0.717) is 19.3 Å². The van der Waals surface area contributed by atoms with Crippen molar-refractivity contribution in [2.75, 3.05) is 13.2 Å². The van der Waals surface area contributed by atoms with Gasteiger partial charge in [-0.2, -0.15) is 0 Å². The van der Waals surface area contributed by atoms with Crippen LogP contribution in [0, 0.1) is 0 Å². The van der Waals surface area contributed by atoms with Gasteiger partial charge in [-0.15, -0.1) is 0 Å². The second-order valence-electron chi connectivity index (χ2n) is 18.8. The van der Waals surface area contributed by atoms with Crippen LogP contribution in [0.3, 0.4) is 0 Å². The van der Waals surface area contributed by atoms with Gasteiger partial charge in [-0.25, -0.2) is 0 Å². The number of ether oxygens (including phenoxy) is 3. The number of carbonyl (C=O) groups excluding carboxylic acids is 3. The predicted molar refractivity (Wildman–Crippen MR) is 311 cm³/mol. The summed E-state index contributed by atoms with van der Waals surface area (Å²) in [7, 11) is 0. The third-order valence-electron chi connectivity index (χ3n) is 11.9. The lowest BCUT2D eigenvalue weighted by atomic mass is 10.1. The zero-order chi connectivity index (χ0) is 52.2. The molecule has 0 spiro atoms. The largest absolute Gasteiger partial charge is 0.462 e. The summed E-state index contributed by atoms with van der Waals surface area (Å²) in [6.07, 6.45) is 82.9. The zero-order valence-electron chi connectivity index (χ0n) is 46.4. The normalized spacial score (nSPS) is 13.1. The Bertz CT molecular complexity index is 1560. The molecule has 72 heavy (non-hydrogen) atoms. The number of unbranched alkanes of at least 4 members (excludes halogenated alkanes) is 18. The maximum Gasteiger partial charge on any atom is 0.306 e. The number of esters is 3. The topological polar surface area (TPSA) is 78.9 Å². The second kappa shape index (κ2) is 59.1. The van der Waals surface area contributed by atoms with E-state index >= 15 is 0 Å². The molecule has 0 aliphatic carbocycles. The molecule has 0 amide bonds. The van der Waals surface area contributed by atoms with E-state index in [9.17, 15) is 14.4 Å². The average Bonchev–Trinajstić information content (AvgIpc) is 3.38. The first kappa shape index (κ1) is 67.5. The summed E-state index contributed by atoms with van der Waals surface area (Å²) in [5.74, 6) is -0.969. The number of rotatable bonds is 51.